The van der Waals surface area contributed by atoms with Gasteiger partial charge in [0.25, 0.3) is 0 Å². The van der Waals surface area contributed by atoms with Gasteiger partial charge in [0.15, 0.2) is 5.82 Å². The van der Waals surface area contributed by atoms with Crippen LogP contribution in [-0.2, 0) is 17.3 Å². The van der Waals surface area contributed by atoms with Crippen LogP contribution in [0.4, 0.5) is 20.8 Å². The maximum atomic E-state index is 14.0. The van der Waals surface area contributed by atoms with Gasteiger partial charge in [0.1, 0.15) is 11.6 Å². The molecule has 0 unspecified atom stereocenters. The van der Waals surface area contributed by atoms with Crippen molar-refractivity contribution in [2.45, 2.75) is 36.8 Å². The molecule has 3 heterocycles. The molecule has 178 valence electrons. The first-order valence-electron chi connectivity index (χ1n) is 11.7. The van der Waals surface area contributed by atoms with Crippen LogP contribution in [0.3, 0.4) is 0 Å². The fraction of sp³-hybridized carbons (Fsp3) is 0.583. The number of aromatic nitrogens is 2. The van der Waals surface area contributed by atoms with Gasteiger partial charge in [-0.15, -0.1) is 0 Å². The monoisotopic (exact) mass is 456 g/mol. The SMILES string of the molecule is Cn1nc(N2CCOCC2)cc1N1C[C@]2(CC[C@](c3cccc(F)c3)(N(C)C)CC2)NC1=O. The van der Waals surface area contributed by atoms with Gasteiger partial charge in [0, 0.05) is 31.7 Å². The molecule has 3 fully saturated rings. The Labute approximate surface area is 194 Å². The van der Waals surface area contributed by atoms with Crippen LogP contribution in [0.25, 0.3) is 0 Å². The maximum absolute atomic E-state index is 14.0. The molecule has 33 heavy (non-hydrogen) atoms. The van der Waals surface area contributed by atoms with E-state index in [1.54, 1.807) is 16.8 Å². The molecule has 1 aromatic heterocycles. The van der Waals surface area contributed by atoms with Crippen LogP contribution in [0.2, 0.25) is 0 Å². The number of anilines is 2. The zero-order valence-corrected chi connectivity index (χ0v) is 19.7. The molecule has 2 aromatic rings. The Morgan fingerprint density at radius 3 is 2.52 bits per heavy atom. The highest BCUT2D eigenvalue weighted by molar-refractivity contribution is 5.95. The van der Waals surface area contributed by atoms with Crippen LogP contribution in [0.5, 0.6) is 0 Å². The highest BCUT2D eigenvalue weighted by Gasteiger charge is 2.50. The molecule has 5 rings (SSSR count). The summed E-state index contributed by atoms with van der Waals surface area (Å²) in [5.74, 6) is 1.48. The Balaban J connectivity index is 1.34. The molecule has 2 saturated heterocycles. The number of morpholine rings is 1. The number of urea groups is 1. The zero-order valence-electron chi connectivity index (χ0n) is 19.7. The number of nitrogens with zero attached hydrogens (tertiary/aromatic N) is 5. The minimum Gasteiger partial charge on any atom is -0.378 e. The van der Waals surface area contributed by atoms with Crippen molar-refractivity contribution >= 4 is 17.7 Å². The van der Waals surface area contributed by atoms with Crippen molar-refractivity contribution in [1.82, 2.24) is 20.0 Å². The second-order valence-electron chi connectivity index (χ2n) is 9.82. The first kappa shape index (κ1) is 22.2. The van der Waals surface area contributed by atoms with Gasteiger partial charge in [-0.25, -0.2) is 9.18 Å². The highest BCUT2D eigenvalue weighted by Crippen LogP contribution is 2.46. The summed E-state index contributed by atoms with van der Waals surface area (Å²) in [5, 5.41) is 7.96. The molecule has 1 aromatic carbocycles. The maximum Gasteiger partial charge on any atom is 0.323 e. The van der Waals surface area contributed by atoms with Crippen molar-refractivity contribution in [3.8, 4) is 0 Å². The molecule has 1 aliphatic carbocycles. The van der Waals surface area contributed by atoms with E-state index in [1.807, 2.05) is 24.1 Å². The Bertz CT molecular complexity index is 1020. The molecule has 1 saturated carbocycles. The average Bonchev–Trinajstić information content (AvgIpc) is 3.34. The number of hydrogen-bond donors (Lipinski definition) is 1. The summed E-state index contributed by atoms with van der Waals surface area (Å²) in [4.78, 5) is 19.3. The third-order valence-electron chi connectivity index (χ3n) is 7.78. The second-order valence-corrected chi connectivity index (χ2v) is 9.82. The summed E-state index contributed by atoms with van der Waals surface area (Å²) < 4.78 is 21.3. The van der Waals surface area contributed by atoms with E-state index in [1.165, 1.54) is 6.07 Å². The molecule has 2 aliphatic heterocycles. The van der Waals surface area contributed by atoms with Crippen LogP contribution in [0.1, 0.15) is 31.2 Å². The molecule has 0 atom stereocenters. The molecule has 2 amide bonds. The number of aryl methyl sites for hydroxylation is 1. The third kappa shape index (κ3) is 3.87. The van der Waals surface area contributed by atoms with Gasteiger partial charge in [0.2, 0.25) is 0 Å². The van der Waals surface area contributed by atoms with Crippen LogP contribution < -0.4 is 15.1 Å². The predicted molar refractivity (Wildman–Crippen MR) is 125 cm³/mol. The quantitative estimate of drug-likeness (QED) is 0.767. The fourth-order valence-electron chi connectivity index (χ4n) is 5.73. The number of carbonyl (C=O) groups excluding carboxylic acids is 1. The van der Waals surface area contributed by atoms with E-state index in [-0.39, 0.29) is 22.9 Å². The van der Waals surface area contributed by atoms with Gasteiger partial charge in [-0.1, -0.05) is 12.1 Å². The Morgan fingerprint density at radius 2 is 1.85 bits per heavy atom. The molecule has 8 nitrogen and oxygen atoms in total. The van der Waals surface area contributed by atoms with Gasteiger partial charge in [-0.05, 0) is 57.5 Å². The van der Waals surface area contributed by atoms with Crippen LogP contribution in [-0.4, -0.2) is 73.2 Å². The first-order chi connectivity index (χ1) is 15.8. The minimum absolute atomic E-state index is 0.0744. The van der Waals surface area contributed by atoms with Crippen molar-refractivity contribution < 1.29 is 13.9 Å². The third-order valence-corrected chi connectivity index (χ3v) is 7.78. The van der Waals surface area contributed by atoms with Crippen LogP contribution in [0, 0.1) is 5.82 Å². The van der Waals surface area contributed by atoms with E-state index >= 15 is 0 Å². The largest absolute Gasteiger partial charge is 0.378 e. The Morgan fingerprint density at radius 1 is 1.12 bits per heavy atom. The van der Waals surface area contributed by atoms with Gasteiger partial charge in [0.05, 0.1) is 25.3 Å². The van der Waals surface area contributed by atoms with Crippen molar-refractivity contribution in [2.24, 2.45) is 7.05 Å². The number of halogens is 1. The summed E-state index contributed by atoms with van der Waals surface area (Å²) in [6, 6.07) is 8.88. The molecule has 9 heteroatoms. The molecular weight excluding hydrogens is 423 g/mol. The van der Waals surface area contributed by atoms with Gasteiger partial charge < -0.3 is 15.0 Å². The van der Waals surface area contributed by atoms with E-state index in [4.69, 9.17) is 4.74 Å². The molecule has 0 radical (unpaired) electrons. The summed E-state index contributed by atoms with van der Waals surface area (Å²) in [6.07, 6.45) is 3.36. The van der Waals surface area contributed by atoms with Gasteiger partial charge in [-0.2, -0.15) is 5.10 Å². The lowest BCUT2D eigenvalue weighted by molar-refractivity contribution is 0.0655. The lowest BCUT2D eigenvalue weighted by Crippen LogP contribution is -2.54. The lowest BCUT2D eigenvalue weighted by Gasteiger charge is -2.48. The van der Waals surface area contributed by atoms with Gasteiger partial charge >= 0.3 is 6.03 Å². The van der Waals surface area contributed by atoms with E-state index in [2.05, 4.69) is 34.3 Å². The summed E-state index contributed by atoms with van der Waals surface area (Å²) in [6.45, 7) is 3.61. The molecule has 0 bridgehead atoms. The van der Waals surface area contributed by atoms with E-state index < -0.39 is 0 Å². The lowest BCUT2D eigenvalue weighted by atomic mass is 9.69. The predicted octanol–water partition coefficient (Wildman–Crippen LogP) is 2.70. The van der Waals surface area contributed by atoms with Crippen LogP contribution in [0.15, 0.2) is 30.3 Å². The highest BCUT2D eigenvalue weighted by atomic mass is 19.1. The van der Waals surface area contributed by atoms with Crippen molar-refractivity contribution in [3.63, 3.8) is 0 Å². The van der Waals surface area contributed by atoms with Crippen molar-refractivity contribution in [1.29, 1.82) is 0 Å². The molecule has 1 spiro atoms. The topological polar surface area (TPSA) is 65.9 Å². The number of nitrogens with one attached hydrogen (secondary N) is 1. The number of amides is 2. The summed E-state index contributed by atoms with van der Waals surface area (Å²) in [7, 11) is 6.01. The molecular formula is C24H33FN6O2. The smallest absolute Gasteiger partial charge is 0.323 e. The Kier molecular flexibility index (Phi) is 5.56. The average molecular weight is 457 g/mol. The standard InChI is InChI=1S/C24H33FN6O2/c1-28(2)24(18-5-4-6-19(25)15-18)9-7-23(8-10-24)17-31(22(32)26-23)21-16-20(27-29(21)3)30-11-13-33-14-12-30/h4-6,15-16H,7-14,17H2,1-3H3,(H,26,32)/t23-,24+. The summed E-state index contributed by atoms with van der Waals surface area (Å²) in [5.41, 5.74) is 0.486. The number of benzene rings is 1. The summed E-state index contributed by atoms with van der Waals surface area (Å²) >= 11 is 0. The normalized spacial score (nSPS) is 28.1. The molecule has 3 aliphatic rings. The number of rotatable bonds is 4. The molecule has 1 N–H and O–H groups in total. The number of carbonyl (C=O) groups is 1. The minimum atomic E-state index is -0.284. The second kappa shape index (κ2) is 8.29. The van der Waals surface area contributed by atoms with E-state index in [0.29, 0.717) is 19.8 Å². The van der Waals surface area contributed by atoms with Crippen molar-refractivity contribution in [2.75, 3.05) is 56.7 Å². The zero-order chi connectivity index (χ0) is 23.2. The first-order valence-corrected chi connectivity index (χ1v) is 11.7. The van der Waals surface area contributed by atoms with Crippen LogP contribution >= 0.6 is 0 Å². The van der Waals surface area contributed by atoms with Gasteiger partial charge in [-0.3, -0.25) is 14.5 Å². The van der Waals surface area contributed by atoms with E-state index in [9.17, 15) is 9.18 Å². The van der Waals surface area contributed by atoms with Crippen molar-refractivity contribution in [3.05, 3.63) is 41.7 Å². The fourth-order valence-corrected chi connectivity index (χ4v) is 5.73. The number of hydrogen-bond acceptors (Lipinski definition) is 5. The number of ether oxygens (including phenoxy) is 1. The Hall–Kier alpha value is -2.65. The van der Waals surface area contributed by atoms with E-state index in [0.717, 1.165) is 56.0 Å².